The molecule has 7 heteroatoms. The predicted octanol–water partition coefficient (Wildman–Crippen LogP) is 2.25. The monoisotopic (exact) mass is 336 g/mol. The minimum atomic E-state index is -0.704. The quantitative estimate of drug-likeness (QED) is 0.804. The van der Waals surface area contributed by atoms with Gasteiger partial charge in [-0.15, -0.1) is 0 Å². The van der Waals surface area contributed by atoms with Crippen LogP contribution in [0.25, 0.3) is 0 Å². The third kappa shape index (κ3) is 7.62. The number of benzene rings is 1. The molecule has 24 heavy (non-hydrogen) atoms. The number of rotatable bonds is 5. The molecule has 0 bridgehead atoms. The SMILES string of the molecule is CC(C)Oc1ccc(C(=O)OCC(=O)NC(=O)NC(C)(C)C)cc1. The van der Waals surface area contributed by atoms with Gasteiger partial charge in [-0.1, -0.05) is 0 Å². The molecule has 3 amide bonds. The van der Waals surface area contributed by atoms with Crippen LogP contribution in [0, 0.1) is 0 Å². The fourth-order valence-corrected chi connectivity index (χ4v) is 1.69. The van der Waals surface area contributed by atoms with Crippen molar-refractivity contribution in [3.63, 3.8) is 0 Å². The van der Waals surface area contributed by atoms with Crippen LogP contribution in [0.4, 0.5) is 4.79 Å². The first kappa shape index (κ1) is 19.5. The number of hydrogen-bond donors (Lipinski definition) is 2. The average Bonchev–Trinajstić information content (AvgIpc) is 2.42. The highest BCUT2D eigenvalue weighted by Gasteiger charge is 2.17. The van der Waals surface area contributed by atoms with E-state index in [9.17, 15) is 14.4 Å². The summed E-state index contributed by atoms with van der Waals surface area (Å²) < 4.78 is 10.3. The lowest BCUT2D eigenvalue weighted by molar-refractivity contribution is -0.123. The van der Waals surface area contributed by atoms with Crippen LogP contribution in [-0.2, 0) is 9.53 Å². The van der Waals surface area contributed by atoms with Gasteiger partial charge in [0.25, 0.3) is 5.91 Å². The van der Waals surface area contributed by atoms with Crippen LogP contribution in [0.5, 0.6) is 5.75 Å². The molecule has 1 rings (SSSR count). The molecule has 0 aromatic heterocycles. The molecule has 0 unspecified atom stereocenters. The zero-order chi connectivity index (χ0) is 18.3. The van der Waals surface area contributed by atoms with Crippen molar-refractivity contribution in [2.24, 2.45) is 0 Å². The van der Waals surface area contributed by atoms with Crippen molar-refractivity contribution < 1.29 is 23.9 Å². The van der Waals surface area contributed by atoms with Gasteiger partial charge in [0, 0.05) is 5.54 Å². The molecule has 0 atom stereocenters. The van der Waals surface area contributed by atoms with Crippen LogP contribution in [-0.4, -0.2) is 36.2 Å². The van der Waals surface area contributed by atoms with Crippen molar-refractivity contribution in [2.75, 3.05) is 6.61 Å². The summed E-state index contributed by atoms with van der Waals surface area (Å²) in [4.78, 5) is 34.9. The van der Waals surface area contributed by atoms with Crippen molar-refractivity contribution in [2.45, 2.75) is 46.3 Å². The van der Waals surface area contributed by atoms with Gasteiger partial charge >= 0.3 is 12.0 Å². The Labute approximate surface area is 141 Å². The Hall–Kier alpha value is -2.57. The van der Waals surface area contributed by atoms with E-state index in [2.05, 4.69) is 10.6 Å². The normalized spacial score (nSPS) is 10.9. The Morgan fingerprint density at radius 2 is 1.67 bits per heavy atom. The lowest BCUT2D eigenvalue weighted by atomic mass is 10.1. The molecular weight excluding hydrogens is 312 g/mol. The second kappa shape index (κ2) is 8.33. The highest BCUT2D eigenvalue weighted by atomic mass is 16.5. The Morgan fingerprint density at radius 3 is 2.17 bits per heavy atom. The maximum atomic E-state index is 11.9. The van der Waals surface area contributed by atoms with E-state index >= 15 is 0 Å². The number of carbonyl (C=O) groups is 3. The molecule has 7 nitrogen and oxygen atoms in total. The van der Waals surface area contributed by atoms with E-state index in [1.54, 1.807) is 45.0 Å². The number of urea groups is 1. The van der Waals surface area contributed by atoms with Gasteiger partial charge in [-0.3, -0.25) is 10.1 Å². The fourth-order valence-electron chi connectivity index (χ4n) is 1.69. The van der Waals surface area contributed by atoms with E-state index in [-0.39, 0.29) is 11.7 Å². The lowest BCUT2D eigenvalue weighted by Crippen LogP contribution is -2.49. The van der Waals surface area contributed by atoms with Crippen molar-refractivity contribution in [1.29, 1.82) is 0 Å². The van der Waals surface area contributed by atoms with E-state index < -0.39 is 30.1 Å². The van der Waals surface area contributed by atoms with Crippen molar-refractivity contribution in [3.8, 4) is 5.75 Å². The zero-order valence-corrected chi connectivity index (χ0v) is 14.6. The van der Waals surface area contributed by atoms with Gasteiger partial charge in [0.1, 0.15) is 5.75 Å². The van der Waals surface area contributed by atoms with Crippen molar-refractivity contribution >= 4 is 17.9 Å². The van der Waals surface area contributed by atoms with Crippen molar-refractivity contribution in [3.05, 3.63) is 29.8 Å². The second-order valence-corrected chi connectivity index (χ2v) is 6.52. The summed E-state index contributed by atoms with van der Waals surface area (Å²) in [6, 6.07) is 5.74. The third-order valence-corrected chi connectivity index (χ3v) is 2.54. The first-order chi connectivity index (χ1) is 11.1. The van der Waals surface area contributed by atoms with Crippen LogP contribution in [0.2, 0.25) is 0 Å². The molecule has 1 aromatic rings. The van der Waals surface area contributed by atoms with Crippen LogP contribution < -0.4 is 15.4 Å². The van der Waals surface area contributed by atoms with E-state index in [1.165, 1.54) is 0 Å². The van der Waals surface area contributed by atoms with Gasteiger partial charge in [-0.25, -0.2) is 9.59 Å². The molecule has 0 aliphatic carbocycles. The summed E-state index contributed by atoms with van der Waals surface area (Å²) >= 11 is 0. The zero-order valence-electron chi connectivity index (χ0n) is 14.6. The lowest BCUT2D eigenvalue weighted by Gasteiger charge is -2.20. The van der Waals surface area contributed by atoms with Crippen LogP contribution in [0.15, 0.2) is 24.3 Å². The molecule has 0 saturated heterocycles. The minimum absolute atomic E-state index is 0.0331. The first-order valence-electron chi connectivity index (χ1n) is 7.62. The molecule has 0 aliphatic rings. The standard InChI is InChI=1S/C17H24N2O5/c1-11(2)24-13-8-6-12(7-9-13)15(21)23-10-14(20)18-16(22)19-17(3,4)5/h6-9,11H,10H2,1-5H3,(H2,18,19,20,22). The molecule has 0 spiro atoms. The number of imide groups is 1. The topological polar surface area (TPSA) is 93.7 Å². The summed E-state index contributed by atoms with van der Waals surface area (Å²) in [7, 11) is 0. The number of ether oxygens (including phenoxy) is 2. The summed E-state index contributed by atoms with van der Waals surface area (Å²) in [6.45, 7) is 8.60. The highest BCUT2D eigenvalue weighted by Crippen LogP contribution is 2.14. The number of carbonyl (C=O) groups excluding carboxylic acids is 3. The maximum absolute atomic E-state index is 11.9. The molecule has 0 radical (unpaired) electrons. The van der Waals surface area contributed by atoms with Crippen LogP contribution in [0.3, 0.4) is 0 Å². The van der Waals surface area contributed by atoms with Crippen LogP contribution >= 0.6 is 0 Å². The summed E-state index contributed by atoms with van der Waals surface area (Å²) in [6.07, 6.45) is 0.0331. The average molecular weight is 336 g/mol. The fraction of sp³-hybridized carbons (Fsp3) is 0.471. The van der Waals surface area contributed by atoms with Gasteiger partial charge in [-0.05, 0) is 58.9 Å². The molecule has 0 fully saturated rings. The van der Waals surface area contributed by atoms with E-state index in [0.29, 0.717) is 5.75 Å². The van der Waals surface area contributed by atoms with Gasteiger partial charge in [0.05, 0.1) is 11.7 Å². The molecular formula is C17H24N2O5. The molecule has 0 heterocycles. The van der Waals surface area contributed by atoms with Gasteiger partial charge < -0.3 is 14.8 Å². The molecule has 2 N–H and O–H groups in total. The smallest absolute Gasteiger partial charge is 0.338 e. The molecule has 1 aromatic carbocycles. The van der Waals surface area contributed by atoms with Gasteiger partial charge in [0.2, 0.25) is 0 Å². The summed E-state index contributed by atoms with van der Waals surface area (Å²) in [5.74, 6) is -0.722. The first-order valence-corrected chi connectivity index (χ1v) is 7.62. The Morgan fingerprint density at radius 1 is 1.08 bits per heavy atom. The molecule has 132 valence electrons. The minimum Gasteiger partial charge on any atom is -0.491 e. The maximum Gasteiger partial charge on any atom is 0.338 e. The van der Waals surface area contributed by atoms with E-state index in [1.807, 2.05) is 13.8 Å². The Kier molecular flexibility index (Phi) is 6.76. The number of nitrogens with one attached hydrogen (secondary N) is 2. The number of amides is 3. The Balaban J connectivity index is 2.45. The van der Waals surface area contributed by atoms with Crippen molar-refractivity contribution in [1.82, 2.24) is 10.6 Å². The number of esters is 1. The van der Waals surface area contributed by atoms with E-state index in [0.717, 1.165) is 0 Å². The highest BCUT2D eigenvalue weighted by molar-refractivity contribution is 5.97. The van der Waals surface area contributed by atoms with Crippen LogP contribution in [0.1, 0.15) is 45.0 Å². The Bertz CT molecular complexity index is 588. The second-order valence-electron chi connectivity index (χ2n) is 6.52. The summed E-state index contributed by atoms with van der Waals surface area (Å²) in [5.41, 5.74) is -0.182. The van der Waals surface area contributed by atoms with Gasteiger partial charge in [-0.2, -0.15) is 0 Å². The third-order valence-electron chi connectivity index (χ3n) is 2.54. The molecule has 0 aliphatic heterocycles. The largest absolute Gasteiger partial charge is 0.491 e. The van der Waals surface area contributed by atoms with Gasteiger partial charge in [0.15, 0.2) is 6.61 Å². The predicted molar refractivity (Wildman–Crippen MR) is 88.9 cm³/mol. The number of hydrogen-bond acceptors (Lipinski definition) is 5. The molecule has 0 saturated carbocycles. The summed E-state index contributed by atoms with van der Waals surface area (Å²) in [5, 5.41) is 4.65. The van der Waals surface area contributed by atoms with E-state index in [4.69, 9.17) is 9.47 Å².